The average molecular weight is 308 g/mol. The van der Waals surface area contributed by atoms with Gasteiger partial charge in [0.25, 0.3) is 0 Å². The number of hydrogen-bond donors (Lipinski definition) is 0. The SMILES string of the molecule is CCOC(=O)c1c(CN(C)C)n(C)c2ccc(OC)c(F)c12. The van der Waals surface area contributed by atoms with Crippen LogP contribution in [0.1, 0.15) is 23.0 Å². The Morgan fingerprint density at radius 1 is 1.36 bits per heavy atom. The zero-order chi connectivity index (χ0) is 16.4. The molecule has 1 aromatic heterocycles. The number of aryl methyl sites for hydroxylation is 1. The van der Waals surface area contributed by atoms with Crippen LogP contribution in [0.3, 0.4) is 0 Å². The van der Waals surface area contributed by atoms with E-state index in [1.807, 2.05) is 30.6 Å². The van der Waals surface area contributed by atoms with Gasteiger partial charge in [0.05, 0.1) is 30.2 Å². The number of ether oxygens (including phenoxy) is 2. The molecule has 0 atom stereocenters. The first-order valence-electron chi connectivity index (χ1n) is 7.07. The number of nitrogens with zero attached hydrogens (tertiary/aromatic N) is 2. The largest absolute Gasteiger partial charge is 0.494 e. The van der Waals surface area contributed by atoms with E-state index in [9.17, 15) is 9.18 Å². The number of halogens is 1. The minimum Gasteiger partial charge on any atom is -0.494 e. The van der Waals surface area contributed by atoms with Gasteiger partial charge in [-0.05, 0) is 33.2 Å². The Balaban J connectivity index is 2.81. The van der Waals surface area contributed by atoms with E-state index in [0.717, 1.165) is 0 Å². The molecule has 1 heterocycles. The Bertz CT molecular complexity index is 707. The maximum absolute atomic E-state index is 14.7. The van der Waals surface area contributed by atoms with Gasteiger partial charge in [-0.3, -0.25) is 0 Å². The first-order chi connectivity index (χ1) is 10.4. The van der Waals surface area contributed by atoms with Crippen molar-refractivity contribution in [2.75, 3.05) is 27.8 Å². The molecule has 0 radical (unpaired) electrons. The van der Waals surface area contributed by atoms with Crippen LogP contribution in [0.15, 0.2) is 12.1 Å². The van der Waals surface area contributed by atoms with E-state index in [1.54, 1.807) is 19.1 Å². The fraction of sp³-hybridized carbons (Fsp3) is 0.438. The molecular formula is C16H21FN2O3. The van der Waals surface area contributed by atoms with Crippen LogP contribution in [-0.2, 0) is 18.3 Å². The molecule has 0 aliphatic carbocycles. The number of benzene rings is 1. The molecule has 0 bridgehead atoms. The lowest BCUT2D eigenvalue weighted by Crippen LogP contribution is -2.17. The summed E-state index contributed by atoms with van der Waals surface area (Å²) in [7, 11) is 7.00. The van der Waals surface area contributed by atoms with Crippen molar-refractivity contribution in [1.82, 2.24) is 9.47 Å². The average Bonchev–Trinajstić information content (AvgIpc) is 2.73. The van der Waals surface area contributed by atoms with Crippen LogP contribution in [0, 0.1) is 5.82 Å². The van der Waals surface area contributed by atoms with Gasteiger partial charge in [-0.2, -0.15) is 0 Å². The van der Waals surface area contributed by atoms with E-state index >= 15 is 0 Å². The second-order valence-electron chi connectivity index (χ2n) is 5.31. The topological polar surface area (TPSA) is 43.7 Å². The lowest BCUT2D eigenvalue weighted by atomic mass is 10.1. The Kier molecular flexibility index (Phi) is 4.71. The minimum atomic E-state index is -0.538. The molecule has 0 aliphatic heterocycles. The van der Waals surface area contributed by atoms with Crippen molar-refractivity contribution >= 4 is 16.9 Å². The van der Waals surface area contributed by atoms with E-state index in [-0.39, 0.29) is 23.3 Å². The summed E-state index contributed by atoms with van der Waals surface area (Å²) in [5.41, 5.74) is 1.62. The zero-order valence-electron chi connectivity index (χ0n) is 13.6. The lowest BCUT2D eigenvalue weighted by Gasteiger charge is -2.12. The third-order valence-corrected chi connectivity index (χ3v) is 3.55. The number of fused-ring (bicyclic) bond motifs is 1. The number of hydrogen-bond acceptors (Lipinski definition) is 4. The molecule has 0 N–H and O–H groups in total. The summed E-state index contributed by atoms with van der Waals surface area (Å²) in [5.74, 6) is -0.944. The number of rotatable bonds is 5. The molecule has 120 valence electrons. The van der Waals surface area contributed by atoms with Gasteiger partial charge in [0, 0.05) is 19.3 Å². The normalized spacial score (nSPS) is 11.2. The zero-order valence-corrected chi connectivity index (χ0v) is 13.6. The predicted molar refractivity (Wildman–Crippen MR) is 82.8 cm³/mol. The van der Waals surface area contributed by atoms with Crippen molar-refractivity contribution in [3.05, 3.63) is 29.2 Å². The second kappa shape index (κ2) is 6.36. The van der Waals surface area contributed by atoms with Crippen molar-refractivity contribution < 1.29 is 18.7 Å². The maximum atomic E-state index is 14.7. The number of aromatic nitrogens is 1. The van der Waals surface area contributed by atoms with Gasteiger partial charge in [-0.25, -0.2) is 9.18 Å². The lowest BCUT2D eigenvalue weighted by molar-refractivity contribution is 0.0526. The molecule has 6 heteroatoms. The van der Waals surface area contributed by atoms with Crippen LogP contribution < -0.4 is 4.74 Å². The number of carbonyl (C=O) groups excluding carboxylic acids is 1. The molecule has 1 aromatic carbocycles. The van der Waals surface area contributed by atoms with Crippen molar-refractivity contribution in [2.45, 2.75) is 13.5 Å². The Morgan fingerprint density at radius 3 is 2.59 bits per heavy atom. The molecule has 0 aliphatic rings. The first kappa shape index (κ1) is 16.3. The summed E-state index contributed by atoms with van der Waals surface area (Å²) < 4.78 is 26.7. The van der Waals surface area contributed by atoms with Gasteiger partial charge in [0.1, 0.15) is 0 Å². The molecular weight excluding hydrogens is 287 g/mol. The first-order valence-corrected chi connectivity index (χ1v) is 7.07. The summed E-state index contributed by atoms with van der Waals surface area (Å²) >= 11 is 0. The quantitative estimate of drug-likeness (QED) is 0.796. The standard InChI is InChI=1S/C16H21FN2O3/c1-6-22-16(20)14-11(9-18(2)3)19(4)10-7-8-12(21-5)15(17)13(10)14/h7-8H,6,9H2,1-5H3. The highest BCUT2D eigenvalue weighted by Crippen LogP contribution is 2.33. The molecule has 5 nitrogen and oxygen atoms in total. The summed E-state index contributed by atoms with van der Waals surface area (Å²) in [6.45, 7) is 2.47. The van der Waals surface area contributed by atoms with Crippen molar-refractivity contribution in [3.8, 4) is 5.75 Å². The summed E-state index contributed by atoms with van der Waals surface area (Å²) in [5, 5.41) is 0.247. The van der Waals surface area contributed by atoms with Gasteiger partial charge in [0.15, 0.2) is 11.6 Å². The molecule has 0 saturated carbocycles. The Hall–Kier alpha value is -2.08. The third-order valence-electron chi connectivity index (χ3n) is 3.55. The van der Waals surface area contributed by atoms with E-state index in [0.29, 0.717) is 17.8 Å². The molecule has 0 unspecified atom stereocenters. The molecule has 0 saturated heterocycles. The van der Waals surface area contributed by atoms with Crippen LogP contribution in [0.25, 0.3) is 10.9 Å². The molecule has 0 spiro atoms. The van der Waals surface area contributed by atoms with Crippen LogP contribution in [-0.4, -0.2) is 43.2 Å². The van der Waals surface area contributed by atoms with E-state index in [4.69, 9.17) is 9.47 Å². The van der Waals surface area contributed by atoms with Crippen LogP contribution in [0.4, 0.5) is 4.39 Å². The minimum absolute atomic E-state index is 0.111. The highest BCUT2D eigenvalue weighted by Gasteiger charge is 2.26. The van der Waals surface area contributed by atoms with Gasteiger partial charge >= 0.3 is 5.97 Å². The smallest absolute Gasteiger partial charge is 0.340 e. The van der Waals surface area contributed by atoms with E-state index < -0.39 is 11.8 Å². The Morgan fingerprint density at radius 2 is 2.05 bits per heavy atom. The van der Waals surface area contributed by atoms with Crippen molar-refractivity contribution in [1.29, 1.82) is 0 Å². The number of methoxy groups -OCH3 is 1. The van der Waals surface area contributed by atoms with Crippen molar-refractivity contribution in [3.63, 3.8) is 0 Å². The van der Waals surface area contributed by atoms with Gasteiger partial charge in [-0.1, -0.05) is 0 Å². The predicted octanol–water partition coefficient (Wildman–Crippen LogP) is 2.56. The van der Waals surface area contributed by atoms with E-state index in [2.05, 4.69) is 0 Å². The van der Waals surface area contributed by atoms with E-state index in [1.165, 1.54) is 7.11 Å². The number of esters is 1. The molecule has 0 amide bonds. The maximum Gasteiger partial charge on any atom is 0.340 e. The van der Waals surface area contributed by atoms with Crippen LogP contribution in [0.2, 0.25) is 0 Å². The highest BCUT2D eigenvalue weighted by atomic mass is 19.1. The van der Waals surface area contributed by atoms with Crippen LogP contribution in [0.5, 0.6) is 5.75 Å². The molecule has 0 fully saturated rings. The molecule has 2 aromatic rings. The fourth-order valence-electron chi connectivity index (χ4n) is 2.59. The summed E-state index contributed by atoms with van der Waals surface area (Å²) in [6, 6.07) is 3.31. The molecule has 2 rings (SSSR count). The third kappa shape index (κ3) is 2.66. The number of carbonyl (C=O) groups is 1. The second-order valence-corrected chi connectivity index (χ2v) is 5.31. The van der Waals surface area contributed by atoms with Gasteiger partial charge in [0.2, 0.25) is 0 Å². The Labute approximate surface area is 129 Å². The van der Waals surface area contributed by atoms with Gasteiger partial charge < -0.3 is 18.9 Å². The highest BCUT2D eigenvalue weighted by molar-refractivity contribution is 6.06. The summed E-state index contributed by atoms with van der Waals surface area (Å²) in [6.07, 6.45) is 0. The van der Waals surface area contributed by atoms with Crippen LogP contribution >= 0.6 is 0 Å². The molecule has 22 heavy (non-hydrogen) atoms. The fourth-order valence-corrected chi connectivity index (χ4v) is 2.59. The van der Waals surface area contributed by atoms with Crippen molar-refractivity contribution in [2.24, 2.45) is 7.05 Å². The monoisotopic (exact) mass is 308 g/mol. The van der Waals surface area contributed by atoms with Gasteiger partial charge in [-0.15, -0.1) is 0 Å². The summed E-state index contributed by atoms with van der Waals surface area (Å²) in [4.78, 5) is 14.3.